The van der Waals surface area contributed by atoms with E-state index in [1.165, 1.54) is 38.5 Å². The van der Waals surface area contributed by atoms with Gasteiger partial charge in [-0.15, -0.1) is 0 Å². The van der Waals surface area contributed by atoms with Gasteiger partial charge < -0.3 is 10.2 Å². The first-order valence-electron chi connectivity index (χ1n) is 10.5. The standard InChI is InChI=1S/C23H38O3/c1-2-3-4-5-8-11-14-21(20-17-18-20)19-22(24)15-12-9-6-7-10-13-16-23(25)26/h6-8,11-12,15,20-22,24H,2-5,9-10,13-14,16-19H2,1H3,(H,25,26)/b7-6-,11-8-,15-12-/t21?,22-/m0/s1. The van der Waals surface area contributed by atoms with Crippen molar-refractivity contribution in [1.29, 1.82) is 0 Å². The summed E-state index contributed by atoms with van der Waals surface area (Å²) < 4.78 is 0. The molecule has 1 fully saturated rings. The summed E-state index contributed by atoms with van der Waals surface area (Å²) in [6.07, 6.45) is 24.5. The van der Waals surface area contributed by atoms with Crippen LogP contribution < -0.4 is 0 Å². The van der Waals surface area contributed by atoms with Gasteiger partial charge in [0, 0.05) is 6.42 Å². The van der Waals surface area contributed by atoms with Gasteiger partial charge in [0.1, 0.15) is 0 Å². The molecular formula is C23H38O3. The van der Waals surface area contributed by atoms with Crippen molar-refractivity contribution >= 4 is 5.97 Å². The molecule has 1 rings (SSSR count). The highest BCUT2D eigenvalue weighted by atomic mass is 16.4. The van der Waals surface area contributed by atoms with E-state index in [0.29, 0.717) is 12.3 Å². The number of unbranched alkanes of at least 4 members (excludes halogenated alkanes) is 4. The van der Waals surface area contributed by atoms with Crippen molar-refractivity contribution in [2.45, 2.75) is 90.1 Å². The number of hydrogen-bond acceptors (Lipinski definition) is 2. The second kappa shape index (κ2) is 14.8. The third kappa shape index (κ3) is 12.9. The molecule has 148 valence electrons. The summed E-state index contributed by atoms with van der Waals surface area (Å²) in [5, 5.41) is 18.8. The van der Waals surface area contributed by atoms with Crippen LogP contribution in [0.4, 0.5) is 0 Å². The number of carboxylic acid groups (broad SMARTS) is 1. The van der Waals surface area contributed by atoms with Crippen LogP contribution in [0, 0.1) is 11.8 Å². The molecule has 3 nitrogen and oxygen atoms in total. The normalized spacial score (nSPS) is 17.5. The van der Waals surface area contributed by atoms with Gasteiger partial charge in [-0.05, 0) is 69.6 Å². The number of carbonyl (C=O) groups is 1. The lowest BCUT2D eigenvalue weighted by Crippen LogP contribution is -2.12. The number of allylic oxidation sites excluding steroid dienone is 5. The molecule has 1 unspecified atom stereocenters. The van der Waals surface area contributed by atoms with Gasteiger partial charge in [-0.1, -0.05) is 56.2 Å². The molecule has 1 saturated carbocycles. The summed E-state index contributed by atoms with van der Waals surface area (Å²) in [5.74, 6) is 0.693. The molecule has 0 aromatic rings. The Balaban J connectivity index is 2.18. The second-order valence-electron chi connectivity index (χ2n) is 7.52. The average molecular weight is 363 g/mol. The maximum absolute atomic E-state index is 10.4. The van der Waals surface area contributed by atoms with E-state index in [-0.39, 0.29) is 12.5 Å². The molecule has 3 heteroatoms. The molecule has 0 spiro atoms. The van der Waals surface area contributed by atoms with Gasteiger partial charge in [0.2, 0.25) is 0 Å². The van der Waals surface area contributed by atoms with Crippen molar-refractivity contribution in [2.24, 2.45) is 11.8 Å². The largest absolute Gasteiger partial charge is 0.481 e. The number of hydrogen-bond donors (Lipinski definition) is 2. The highest BCUT2D eigenvalue weighted by Gasteiger charge is 2.31. The van der Waals surface area contributed by atoms with Crippen molar-refractivity contribution in [3.63, 3.8) is 0 Å². The maximum atomic E-state index is 10.4. The summed E-state index contributed by atoms with van der Waals surface area (Å²) in [5.41, 5.74) is 0. The zero-order valence-corrected chi connectivity index (χ0v) is 16.5. The SMILES string of the molecule is CCCCC/C=C\CC(C[C@@H](O)/C=C\C/C=C\CCCC(=O)O)C1CC1. The Labute approximate surface area is 159 Å². The van der Waals surface area contributed by atoms with Crippen LogP contribution in [-0.2, 0) is 4.79 Å². The minimum atomic E-state index is -0.734. The maximum Gasteiger partial charge on any atom is 0.303 e. The van der Waals surface area contributed by atoms with Crippen molar-refractivity contribution in [2.75, 3.05) is 0 Å². The number of aliphatic carboxylic acids is 1. The molecule has 0 radical (unpaired) electrons. The predicted octanol–water partition coefficient (Wildman–Crippen LogP) is 6.05. The topological polar surface area (TPSA) is 57.5 Å². The van der Waals surface area contributed by atoms with Crippen LogP contribution in [0.25, 0.3) is 0 Å². The molecule has 2 N–H and O–H groups in total. The van der Waals surface area contributed by atoms with Gasteiger partial charge in [0.25, 0.3) is 0 Å². The Kier molecular flexibility index (Phi) is 12.9. The lowest BCUT2D eigenvalue weighted by molar-refractivity contribution is -0.137. The van der Waals surface area contributed by atoms with Crippen LogP contribution in [0.5, 0.6) is 0 Å². The van der Waals surface area contributed by atoms with Crippen LogP contribution in [0.15, 0.2) is 36.5 Å². The molecule has 0 amide bonds. The number of carboxylic acids is 1. The fourth-order valence-corrected chi connectivity index (χ4v) is 3.24. The Morgan fingerprint density at radius 2 is 1.77 bits per heavy atom. The van der Waals surface area contributed by atoms with Crippen molar-refractivity contribution in [1.82, 2.24) is 0 Å². The number of aliphatic hydroxyl groups is 1. The van der Waals surface area contributed by atoms with E-state index < -0.39 is 5.97 Å². The van der Waals surface area contributed by atoms with Gasteiger partial charge in [0.15, 0.2) is 0 Å². The second-order valence-corrected chi connectivity index (χ2v) is 7.52. The lowest BCUT2D eigenvalue weighted by Gasteiger charge is -2.16. The predicted molar refractivity (Wildman–Crippen MR) is 109 cm³/mol. The monoisotopic (exact) mass is 362 g/mol. The van der Waals surface area contributed by atoms with E-state index in [0.717, 1.165) is 31.6 Å². The Bertz CT molecular complexity index is 446. The summed E-state index contributed by atoms with van der Waals surface area (Å²) in [6.45, 7) is 2.23. The van der Waals surface area contributed by atoms with Crippen LogP contribution in [0.2, 0.25) is 0 Å². The smallest absolute Gasteiger partial charge is 0.303 e. The Morgan fingerprint density at radius 3 is 2.46 bits per heavy atom. The van der Waals surface area contributed by atoms with E-state index in [4.69, 9.17) is 5.11 Å². The van der Waals surface area contributed by atoms with E-state index in [1.807, 2.05) is 24.3 Å². The van der Waals surface area contributed by atoms with E-state index in [1.54, 1.807) is 0 Å². The van der Waals surface area contributed by atoms with E-state index >= 15 is 0 Å². The third-order valence-corrected chi connectivity index (χ3v) is 4.97. The third-order valence-electron chi connectivity index (χ3n) is 4.97. The van der Waals surface area contributed by atoms with E-state index in [9.17, 15) is 9.90 Å². The molecule has 2 atom stereocenters. The highest BCUT2D eigenvalue weighted by Crippen LogP contribution is 2.41. The van der Waals surface area contributed by atoms with E-state index in [2.05, 4.69) is 19.1 Å². The molecule has 0 bridgehead atoms. The zero-order chi connectivity index (χ0) is 19.0. The first-order chi connectivity index (χ1) is 12.6. The summed E-state index contributed by atoms with van der Waals surface area (Å²) in [6, 6.07) is 0. The number of aliphatic hydroxyl groups excluding tert-OH is 1. The highest BCUT2D eigenvalue weighted by molar-refractivity contribution is 5.66. The molecule has 1 aliphatic rings. The van der Waals surface area contributed by atoms with Crippen LogP contribution in [-0.4, -0.2) is 22.3 Å². The summed E-state index contributed by atoms with van der Waals surface area (Å²) >= 11 is 0. The first kappa shape index (κ1) is 22.7. The van der Waals surface area contributed by atoms with Crippen LogP contribution in [0.3, 0.4) is 0 Å². The van der Waals surface area contributed by atoms with Gasteiger partial charge in [0.05, 0.1) is 6.10 Å². The molecule has 0 aromatic carbocycles. The molecule has 0 saturated heterocycles. The quantitative estimate of drug-likeness (QED) is 0.260. The fraction of sp³-hybridized carbons (Fsp3) is 0.696. The van der Waals surface area contributed by atoms with Gasteiger partial charge in [-0.25, -0.2) is 0 Å². The van der Waals surface area contributed by atoms with Crippen LogP contribution in [0.1, 0.15) is 84.0 Å². The summed E-state index contributed by atoms with van der Waals surface area (Å²) in [4.78, 5) is 10.4. The lowest BCUT2D eigenvalue weighted by atomic mass is 9.92. The average Bonchev–Trinajstić information content (AvgIpc) is 3.44. The molecule has 26 heavy (non-hydrogen) atoms. The fourth-order valence-electron chi connectivity index (χ4n) is 3.24. The summed E-state index contributed by atoms with van der Waals surface area (Å²) in [7, 11) is 0. The van der Waals surface area contributed by atoms with Crippen molar-refractivity contribution < 1.29 is 15.0 Å². The molecule has 0 aliphatic heterocycles. The number of rotatable bonds is 16. The van der Waals surface area contributed by atoms with Gasteiger partial charge in [-0.3, -0.25) is 4.79 Å². The first-order valence-corrected chi connectivity index (χ1v) is 10.5. The van der Waals surface area contributed by atoms with Crippen molar-refractivity contribution in [3.8, 4) is 0 Å². The van der Waals surface area contributed by atoms with Gasteiger partial charge >= 0.3 is 5.97 Å². The molecule has 0 aromatic heterocycles. The van der Waals surface area contributed by atoms with Gasteiger partial charge in [-0.2, -0.15) is 0 Å². The Hall–Kier alpha value is -1.35. The molecular weight excluding hydrogens is 324 g/mol. The minimum absolute atomic E-state index is 0.231. The minimum Gasteiger partial charge on any atom is -0.481 e. The molecule has 1 aliphatic carbocycles. The zero-order valence-electron chi connectivity index (χ0n) is 16.5. The Morgan fingerprint density at radius 1 is 1.04 bits per heavy atom. The molecule has 0 heterocycles. The van der Waals surface area contributed by atoms with Crippen LogP contribution >= 0.6 is 0 Å². The van der Waals surface area contributed by atoms with Crippen molar-refractivity contribution in [3.05, 3.63) is 36.5 Å².